The van der Waals surface area contributed by atoms with Gasteiger partial charge in [0.2, 0.25) is 0 Å². The molecule has 1 rings (SSSR count). The minimum absolute atomic E-state index is 0.875. The molecule has 0 N–H and O–H groups in total. The molecule has 2 nitrogen and oxygen atoms in total. The lowest BCUT2D eigenvalue weighted by molar-refractivity contribution is -0.874. The topological polar surface area (TPSA) is 9.23 Å². The van der Waals surface area contributed by atoms with Gasteiger partial charge in [-0.05, 0) is 0 Å². The minimum atomic E-state index is 0.875. The lowest BCUT2D eigenvalue weighted by Gasteiger charge is -2.32. The number of hydrogen-bond acceptors (Lipinski definition) is 1. The maximum absolute atomic E-state index is 5.15. The molecule has 1 saturated heterocycles. The number of likely N-dealkylation sites (N-methyl/N-ethyl adjacent to an activating group) is 1. The normalized spacial score (nSPS) is 27.8. The molecule has 1 radical (unpaired) electrons. The number of hydrogen-bond donors (Lipinski definition) is 0. The van der Waals surface area contributed by atoms with Crippen molar-refractivity contribution < 1.29 is 9.22 Å². The van der Waals surface area contributed by atoms with Crippen LogP contribution in [0.5, 0.6) is 0 Å². The third-order valence-corrected chi connectivity index (χ3v) is 1.55. The Labute approximate surface area is 50.6 Å². The molecule has 0 unspecified atom stereocenters. The summed E-state index contributed by atoms with van der Waals surface area (Å²) in [5, 5.41) is 0. The van der Waals surface area contributed by atoms with E-state index in [1.54, 1.807) is 0 Å². The summed E-state index contributed by atoms with van der Waals surface area (Å²) >= 11 is 0. The Balaban J connectivity index is 2.33. The Bertz CT molecular complexity index is 72.6. The van der Waals surface area contributed by atoms with Crippen LogP contribution in [0.1, 0.15) is 0 Å². The Morgan fingerprint density at radius 3 is 2.12 bits per heavy atom. The van der Waals surface area contributed by atoms with Gasteiger partial charge in [0.25, 0.3) is 0 Å². The molecular formula is C6H13NO+. The highest BCUT2D eigenvalue weighted by Crippen LogP contribution is 2.02. The summed E-state index contributed by atoms with van der Waals surface area (Å²) in [6.45, 7) is 3.86. The zero-order chi connectivity index (χ0) is 6.04. The molecule has 1 heterocycles. The fraction of sp³-hybridized carbons (Fsp3) is 0.833. The third kappa shape index (κ3) is 1.46. The standard InChI is InChI=1S/C6H13NO/c1-7(2)3-5-8-6-4-7/h1,3-6H2,2H3/q+1. The van der Waals surface area contributed by atoms with Crippen LogP contribution in [0.15, 0.2) is 0 Å². The summed E-state index contributed by atoms with van der Waals surface area (Å²) in [6.07, 6.45) is 0. The van der Waals surface area contributed by atoms with Gasteiger partial charge in [0.1, 0.15) is 20.1 Å². The molecule has 0 aliphatic carbocycles. The van der Waals surface area contributed by atoms with Gasteiger partial charge in [-0.1, -0.05) is 0 Å². The summed E-state index contributed by atoms with van der Waals surface area (Å²) in [6, 6.07) is 0. The fourth-order valence-corrected chi connectivity index (χ4v) is 0.784. The molecule has 1 aliphatic heterocycles. The summed E-state index contributed by atoms with van der Waals surface area (Å²) in [5.74, 6) is 0. The number of nitrogens with zero attached hydrogens (tertiary/aromatic N) is 1. The van der Waals surface area contributed by atoms with Crippen LogP contribution in [0.4, 0.5) is 0 Å². The third-order valence-electron chi connectivity index (χ3n) is 1.55. The molecule has 0 aromatic heterocycles. The number of rotatable bonds is 0. The van der Waals surface area contributed by atoms with Crippen molar-refractivity contribution in [1.29, 1.82) is 0 Å². The van der Waals surface area contributed by atoms with Crippen LogP contribution in [-0.2, 0) is 4.74 Å². The largest absolute Gasteiger partial charge is 0.370 e. The van der Waals surface area contributed by atoms with Gasteiger partial charge in [0.15, 0.2) is 0 Å². The van der Waals surface area contributed by atoms with Crippen molar-refractivity contribution in [3.8, 4) is 0 Å². The SMILES string of the molecule is [CH2][N+]1(C)CCOCC1. The first-order valence-corrected chi connectivity index (χ1v) is 2.97. The van der Waals surface area contributed by atoms with E-state index in [0.29, 0.717) is 0 Å². The van der Waals surface area contributed by atoms with Gasteiger partial charge in [-0.2, -0.15) is 0 Å². The van der Waals surface area contributed by atoms with E-state index in [0.717, 1.165) is 30.8 Å². The van der Waals surface area contributed by atoms with Gasteiger partial charge in [-0.3, -0.25) is 0 Å². The van der Waals surface area contributed by atoms with Gasteiger partial charge < -0.3 is 9.22 Å². The average Bonchev–Trinajstić information content (AvgIpc) is 1.65. The zero-order valence-electron chi connectivity index (χ0n) is 5.39. The molecule has 1 aliphatic rings. The average molecular weight is 115 g/mol. The molecule has 0 saturated carbocycles. The second kappa shape index (κ2) is 2.03. The van der Waals surface area contributed by atoms with E-state index in [2.05, 4.69) is 14.1 Å². The molecule has 0 spiro atoms. The van der Waals surface area contributed by atoms with Crippen LogP contribution >= 0.6 is 0 Å². The van der Waals surface area contributed by atoms with Crippen LogP contribution in [0.2, 0.25) is 0 Å². The van der Waals surface area contributed by atoms with Crippen LogP contribution in [0.3, 0.4) is 0 Å². The van der Waals surface area contributed by atoms with Crippen molar-refractivity contribution in [2.45, 2.75) is 0 Å². The van der Waals surface area contributed by atoms with Crippen LogP contribution < -0.4 is 0 Å². The maximum Gasteiger partial charge on any atom is 0.128 e. The zero-order valence-corrected chi connectivity index (χ0v) is 5.39. The van der Waals surface area contributed by atoms with E-state index < -0.39 is 0 Å². The van der Waals surface area contributed by atoms with Crippen molar-refractivity contribution in [3.05, 3.63) is 7.05 Å². The second-order valence-corrected chi connectivity index (χ2v) is 2.68. The van der Waals surface area contributed by atoms with Crippen molar-refractivity contribution in [1.82, 2.24) is 0 Å². The summed E-state index contributed by atoms with van der Waals surface area (Å²) in [5.41, 5.74) is 0. The summed E-state index contributed by atoms with van der Waals surface area (Å²) in [4.78, 5) is 0. The summed E-state index contributed by atoms with van der Waals surface area (Å²) < 4.78 is 6.02. The fourth-order valence-electron chi connectivity index (χ4n) is 0.784. The molecule has 47 valence electrons. The van der Waals surface area contributed by atoms with E-state index in [-0.39, 0.29) is 0 Å². The van der Waals surface area contributed by atoms with Crippen LogP contribution in [0, 0.1) is 7.05 Å². The van der Waals surface area contributed by atoms with Gasteiger partial charge in [-0.25, -0.2) is 0 Å². The Kier molecular flexibility index (Phi) is 1.54. The first-order valence-electron chi connectivity index (χ1n) is 2.97. The van der Waals surface area contributed by atoms with Crippen molar-refractivity contribution in [3.63, 3.8) is 0 Å². The molecule has 0 amide bonds. The number of morpholine rings is 1. The second-order valence-electron chi connectivity index (χ2n) is 2.68. The van der Waals surface area contributed by atoms with Crippen molar-refractivity contribution in [2.75, 3.05) is 33.4 Å². The molecular weight excluding hydrogens is 102 g/mol. The highest BCUT2D eigenvalue weighted by Gasteiger charge is 2.18. The predicted octanol–water partition coefficient (Wildman–Crippen LogP) is 0.255. The van der Waals surface area contributed by atoms with E-state index in [4.69, 9.17) is 4.74 Å². The van der Waals surface area contributed by atoms with Gasteiger partial charge in [0, 0.05) is 0 Å². The van der Waals surface area contributed by atoms with E-state index in [1.165, 1.54) is 0 Å². The first-order chi connectivity index (χ1) is 3.71. The number of ether oxygens (including phenoxy) is 1. The minimum Gasteiger partial charge on any atom is -0.370 e. The molecule has 2 heteroatoms. The van der Waals surface area contributed by atoms with E-state index >= 15 is 0 Å². The molecule has 0 atom stereocenters. The van der Waals surface area contributed by atoms with Crippen LogP contribution in [0.25, 0.3) is 0 Å². The van der Waals surface area contributed by atoms with E-state index in [9.17, 15) is 0 Å². The first kappa shape index (κ1) is 6.05. The summed E-state index contributed by atoms with van der Waals surface area (Å²) in [7, 11) is 6.11. The smallest absolute Gasteiger partial charge is 0.128 e. The van der Waals surface area contributed by atoms with Gasteiger partial charge >= 0.3 is 0 Å². The Hall–Kier alpha value is -0.0800. The Morgan fingerprint density at radius 2 is 1.88 bits per heavy atom. The maximum atomic E-state index is 5.15. The lowest BCUT2D eigenvalue weighted by Crippen LogP contribution is -2.46. The van der Waals surface area contributed by atoms with Gasteiger partial charge in [-0.15, -0.1) is 0 Å². The van der Waals surface area contributed by atoms with E-state index in [1.807, 2.05) is 0 Å². The molecule has 0 bridgehead atoms. The lowest BCUT2D eigenvalue weighted by atomic mass is 10.4. The Morgan fingerprint density at radius 1 is 1.38 bits per heavy atom. The predicted molar refractivity (Wildman–Crippen MR) is 32.1 cm³/mol. The molecule has 0 aromatic carbocycles. The molecule has 8 heavy (non-hydrogen) atoms. The van der Waals surface area contributed by atoms with Crippen molar-refractivity contribution in [2.24, 2.45) is 0 Å². The van der Waals surface area contributed by atoms with Crippen LogP contribution in [-0.4, -0.2) is 37.8 Å². The molecule has 1 fully saturated rings. The quantitative estimate of drug-likeness (QED) is 0.411. The number of quaternary nitrogens is 1. The highest BCUT2D eigenvalue weighted by molar-refractivity contribution is 4.43. The van der Waals surface area contributed by atoms with Gasteiger partial charge in [0.05, 0.1) is 20.3 Å². The highest BCUT2D eigenvalue weighted by atomic mass is 16.5. The van der Waals surface area contributed by atoms with Crippen molar-refractivity contribution >= 4 is 0 Å². The molecule has 0 aromatic rings. The monoisotopic (exact) mass is 115 g/mol.